The van der Waals surface area contributed by atoms with Gasteiger partial charge in [0, 0.05) is 44.7 Å². The fraction of sp³-hybridized carbons (Fsp3) is 0.400. The summed E-state index contributed by atoms with van der Waals surface area (Å²) in [4.78, 5) is 19.3. The zero-order valence-corrected chi connectivity index (χ0v) is 13.1. The summed E-state index contributed by atoms with van der Waals surface area (Å²) in [5, 5.41) is 8.71. The monoisotopic (exact) mass is 360 g/mol. The van der Waals surface area contributed by atoms with Gasteiger partial charge in [-0.15, -0.1) is 0 Å². The second kappa shape index (κ2) is 7.44. The van der Waals surface area contributed by atoms with E-state index in [1.54, 1.807) is 6.20 Å². The van der Waals surface area contributed by atoms with Crippen molar-refractivity contribution >= 4 is 11.7 Å². The number of aliphatic carboxylic acids is 1. The summed E-state index contributed by atoms with van der Waals surface area (Å²) in [6, 6.07) is 5.79. The van der Waals surface area contributed by atoms with Crippen LogP contribution in [0.25, 0.3) is 0 Å². The van der Waals surface area contributed by atoms with Crippen LogP contribution in [0, 0.1) is 5.41 Å². The van der Waals surface area contributed by atoms with Crippen LogP contribution < -0.4 is 0 Å². The normalized spacial score (nSPS) is 20.9. The van der Waals surface area contributed by atoms with Crippen LogP contribution >= 0.6 is 0 Å². The minimum Gasteiger partial charge on any atom is -0.481 e. The average Bonchev–Trinajstić information content (AvgIpc) is 2.39. The number of pyridine rings is 1. The van der Waals surface area contributed by atoms with Gasteiger partial charge in [0.15, 0.2) is 0 Å². The summed E-state index contributed by atoms with van der Waals surface area (Å²) in [7, 11) is 0. The Labute approximate surface area is 131 Å². The summed E-state index contributed by atoms with van der Waals surface area (Å²) in [5.41, 5.74) is 1.85. The predicted octanol–water partition coefficient (Wildman–Crippen LogP) is 3.05. The quantitative estimate of drug-likeness (QED) is 0.822. The minimum absolute atomic E-state index is 0. The first-order valence-electron chi connectivity index (χ1n) is 6.47. The SMILES string of the molecule is CC1(CCCC(=O)O)C=CN=C(c2ccccn2)C1.[Ru]. The molecule has 0 spiro atoms. The molecule has 5 heteroatoms. The molecule has 2 heterocycles. The average molecular weight is 359 g/mol. The Bertz CT molecular complexity index is 514. The molecule has 0 fully saturated rings. The standard InChI is InChI=1S/C15H18N2O2.Ru/c1-15(7-4-6-14(18)19)8-10-17-13(11-15)12-5-2-3-9-16-12;/h2-3,5,8-10H,4,6-7,11H2,1H3,(H,18,19);. The van der Waals surface area contributed by atoms with E-state index in [4.69, 9.17) is 5.11 Å². The molecule has 0 radical (unpaired) electrons. The Morgan fingerprint density at radius 2 is 2.25 bits per heavy atom. The van der Waals surface area contributed by atoms with Crippen molar-refractivity contribution < 1.29 is 29.4 Å². The molecule has 1 aromatic rings. The van der Waals surface area contributed by atoms with Gasteiger partial charge in [-0.3, -0.25) is 14.8 Å². The van der Waals surface area contributed by atoms with Gasteiger partial charge >= 0.3 is 5.97 Å². The molecule has 108 valence electrons. The number of aliphatic imine (C=N–C) groups is 1. The number of allylic oxidation sites excluding steroid dienone is 1. The van der Waals surface area contributed by atoms with Crippen molar-refractivity contribution in [3.8, 4) is 0 Å². The molecule has 1 aromatic heterocycles. The maximum Gasteiger partial charge on any atom is 0.303 e. The van der Waals surface area contributed by atoms with Gasteiger partial charge in [0.1, 0.15) is 0 Å². The Morgan fingerprint density at radius 3 is 2.90 bits per heavy atom. The summed E-state index contributed by atoms with van der Waals surface area (Å²) < 4.78 is 0. The number of carbonyl (C=O) groups is 1. The van der Waals surface area contributed by atoms with Crippen molar-refractivity contribution in [2.45, 2.75) is 32.6 Å². The van der Waals surface area contributed by atoms with E-state index in [-0.39, 0.29) is 31.3 Å². The molecule has 1 N–H and O–H groups in total. The zero-order chi connectivity index (χ0) is 13.7. The van der Waals surface area contributed by atoms with Crippen molar-refractivity contribution in [1.29, 1.82) is 0 Å². The first-order valence-corrected chi connectivity index (χ1v) is 6.47. The molecule has 4 nitrogen and oxygen atoms in total. The zero-order valence-electron chi connectivity index (χ0n) is 11.4. The Balaban J connectivity index is 0.00000200. The predicted molar refractivity (Wildman–Crippen MR) is 74.1 cm³/mol. The van der Waals surface area contributed by atoms with Crippen LogP contribution in [0.3, 0.4) is 0 Å². The van der Waals surface area contributed by atoms with E-state index in [9.17, 15) is 4.79 Å². The molecule has 0 aliphatic carbocycles. The summed E-state index contributed by atoms with van der Waals surface area (Å²) in [6.45, 7) is 2.14. The number of hydrogen-bond acceptors (Lipinski definition) is 3. The molecule has 1 aliphatic heterocycles. The maximum absolute atomic E-state index is 10.6. The van der Waals surface area contributed by atoms with E-state index in [0.29, 0.717) is 6.42 Å². The molecule has 1 atom stereocenters. The van der Waals surface area contributed by atoms with E-state index < -0.39 is 5.97 Å². The van der Waals surface area contributed by atoms with Crippen LogP contribution in [0.4, 0.5) is 0 Å². The van der Waals surface area contributed by atoms with E-state index in [0.717, 1.165) is 24.2 Å². The van der Waals surface area contributed by atoms with Gasteiger partial charge in [-0.1, -0.05) is 19.1 Å². The van der Waals surface area contributed by atoms with Gasteiger partial charge in [0.05, 0.1) is 11.4 Å². The number of carboxylic acids is 1. The smallest absolute Gasteiger partial charge is 0.303 e. The fourth-order valence-corrected chi connectivity index (χ4v) is 2.30. The van der Waals surface area contributed by atoms with Gasteiger partial charge in [0.2, 0.25) is 0 Å². The summed E-state index contributed by atoms with van der Waals surface area (Å²) in [6.07, 6.45) is 8.21. The van der Waals surface area contributed by atoms with Crippen molar-refractivity contribution in [2.75, 3.05) is 0 Å². The number of aromatic nitrogens is 1. The molecule has 2 rings (SSSR count). The van der Waals surface area contributed by atoms with Gasteiger partial charge < -0.3 is 5.11 Å². The van der Waals surface area contributed by atoms with E-state index in [2.05, 4.69) is 23.0 Å². The Morgan fingerprint density at radius 1 is 1.45 bits per heavy atom. The minimum atomic E-state index is -0.734. The van der Waals surface area contributed by atoms with Crippen molar-refractivity contribution in [2.24, 2.45) is 10.4 Å². The fourth-order valence-electron chi connectivity index (χ4n) is 2.30. The summed E-state index contributed by atoms with van der Waals surface area (Å²) in [5.74, 6) is -0.734. The molecule has 0 aromatic carbocycles. The van der Waals surface area contributed by atoms with Gasteiger partial charge in [-0.05, 0) is 30.4 Å². The van der Waals surface area contributed by atoms with Crippen molar-refractivity contribution in [3.63, 3.8) is 0 Å². The van der Waals surface area contributed by atoms with Gasteiger partial charge in [-0.2, -0.15) is 0 Å². The van der Waals surface area contributed by atoms with Crippen LogP contribution in [0.1, 0.15) is 38.3 Å². The molecule has 0 amide bonds. The molecular weight excluding hydrogens is 341 g/mol. The van der Waals surface area contributed by atoms with E-state index in [1.165, 1.54) is 0 Å². The van der Waals surface area contributed by atoms with Gasteiger partial charge in [0.25, 0.3) is 0 Å². The van der Waals surface area contributed by atoms with Crippen LogP contribution in [-0.4, -0.2) is 21.8 Å². The number of rotatable bonds is 5. The topological polar surface area (TPSA) is 62.5 Å². The number of hydrogen-bond donors (Lipinski definition) is 1. The number of nitrogens with zero attached hydrogens (tertiary/aromatic N) is 2. The molecule has 0 saturated heterocycles. The molecular formula is C15H18N2O2Ru. The van der Waals surface area contributed by atoms with Gasteiger partial charge in [-0.25, -0.2) is 0 Å². The molecule has 1 unspecified atom stereocenters. The largest absolute Gasteiger partial charge is 0.481 e. The molecule has 20 heavy (non-hydrogen) atoms. The first-order chi connectivity index (χ1) is 9.09. The maximum atomic E-state index is 10.6. The number of carboxylic acid groups (broad SMARTS) is 1. The van der Waals surface area contributed by atoms with Crippen molar-refractivity contribution in [3.05, 3.63) is 42.4 Å². The molecule has 0 bridgehead atoms. The van der Waals surface area contributed by atoms with Crippen LogP contribution in [-0.2, 0) is 24.3 Å². The third-order valence-electron chi connectivity index (χ3n) is 3.38. The summed E-state index contributed by atoms with van der Waals surface area (Å²) >= 11 is 0. The van der Waals surface area contributed by atoms with E-state index in [1.807, 2.05) is 24.4 Å². The first kappa shape index (κ1) is 16.7. The van der Waals surface area contributed by atoms with Crippen molar-refractivity contribution in [1.82, 2.24) is 4.98 Å². The van der Waals surface area contributed by atoms with Crippen LogP contribution in [0.5, 0.6) is 0 Å². The second-order valence-electron chi connectivity index (χ2n) is 5.18. The second-order valence-corrected chi connectivity index (χ2v) is 5.18. The third-order valence-corrected chi connectivity index (χ3v) is 3.38. The van der Waals surface area contributed by atoms with E-state index >= 15 is 0 Å². The molecule has 1 aliphatic rings. The van der Waals surface area contributed by atoms with Crippen LogP contribution in [0.15, 0.2) is 41.7 Å². The molecule has 0 saturated carbocycles. The Hall–Kier alpha value is -1.35. The Kier molecular flexibility index (Phi) is 6.21. The third kappa shape index (κ3) is 4.64. The van der Waals surface area contributed by atoms with Crippen LogP contribution in [0.2, 0.25) is 0 Å².